The highest BCUT2D eigenvalue weighted by atomic mass is 16.6. The maximum Gasteiger partial charge on any atom is 0.334 e. The van der Waals surface area contributed by atoms with Crippen LogP contribution < -0.4 is 0 Å². The van der Waals surface area contributed by atoms with Gasteiger partial charge in [-0.3, -0.25) is 9.59 Å². The van der Waals surface area contributed by atoms with Crippen molar-refractivity contribution in [3.05, 3.63) is 35.5 Å². The predicted octanol–water partition coefficient (Wildman–Crippen LogP) is 1.95. The third kappa shape index (κ3) is 5.05. The van der Waals surface area contributed by atoms with Gasteiger partial charge in [0, 0.05) is 24.5 Å². The van der Waals surface area contributed by atoms with Crippen LogP contribution in [-0.2, 0) is 33.4 Å². The standard InChI is InChI=1S/C22H28O8/c1-7-11(2)20(25)30-17-10-22(6,27)18(24)9-15(28-14(5)23)12(3)8-16-19(17)13(4)21(26)29-16/h7-8,15-17,19,27H,4,9-10H2,1-3,5-6H3/b11-7-,12-8+/t15-,16-,17-,19+,22-/m1/s1. The number of rotatable bonds is 3. The summed E-state index contributed by atoms with van der Waals surface area (Å²) in [5.74, 6) is -3.27. The molecule has 1 aliphatic heterocycles. The highest BCUT2D eigenvalue weighted by Crippen LogP contribution is 2.38. The number of fused-ring (bicyclic) bond motifs is 1. The normalized spacial score (nSPS) is 34.4. The first-order valence-corrected chi connectivity index (χ1v) is 9.72. The molecule has 0 bridgehead atoms. The second kappa shape index (κ2) is 8.95. The molecule has 0 radical (unpaired) electrons. The monoisotopic (exact) mass is 420 g/mol. The fourth-order valence-electron chi connectivity index (χ4n) is 3.53. The molecule has 1 heterocycles. The summed E-state index contributed by atoms with van der Waals surface area (Å²) in [5, 5.41) is 10.9. The Kier molecular flexibility index (Phi) is 7.02. The number of aliphatic hydroxyl groups is 1. The van der Waals surface area contributed by atoms with E-state index < -0.39 is 53.5 Å². The molecule has 0 aromatic carbocycles. The van der Waals surface area contributed by atoms with Gasteiger partial charge in [-0.2, -0.15) is 0 Å². The van der Waals surface area contributed by atoms with Crippen LogP contribution in [0.25, 0.3) is 0 Å². The number of hydrogen-bond donors (Lipinski definition) is 1. The Hall–Kier alpha value is -2.74. The lowest BCUT2D eigenvalue weighted by atomic mass is 9.79. The van der Waals surface area contributed by atoms with Gasteiger partial charge in [0.05, 0.1) is 12.3 Å². The van der Waals surface area contributed by atoms with Gasteiger partial charge in [-0.15, -0.1) is 0 Å². The van der Waals surface area contributed by atoms with Crippen molar-refractivity contribution >= 4 is 23.7 Å². The van der Waals surface area contributed by atoms with Crippen molar-refractivity contribution in [1.82, 2.24) is 0 Å². The number of esters is 3. The highest BCUT2D eigenvalue weighted by molar-refractivity contribution is 5.92. The third-order valence-electron chi connectivity index (χ3n) is 5.49. The van der Waals surface area contributed by atoms with Crippen LogP contribution in [0.15, 0.2) is 35.5 Å². The number of ether oxygens (including phenoxy) is 3. The van der Waals surface area contributed by atoms with E-state index in [0.29, 0.717) is 11.1 Å². The smallest absolute Gasteiger partial charge is 0.334 e. The van der Waals surface area contributed by atoms with Gasteiger partial charge in [0.25, 0.3) is 0 Å². The Morgan fingerprint density at radius 1 is 1.30 bits per heavy atom. The molecule has 0 saturated carbocycles. The van der Waals surface area contributed by atoms with Crippen LogP contribution in [0.5, 0.6) is 0 Å². The molecule has 2 rings (SSSR count). The average Bonchev–Trinajstić information content (AvgIpc) is 2.91. The van der Waals surface area contributed by atoms with E-state index in [1.807, 2.05) is 0 Å². The molecule has 8 nitrogen and oxygen atoms in total. The minimum absolute atomic E-state index is 0.0767. The lowest BCUT2D eigenvalue weighted by Crippen LogP contribution is -2.46. The molecule has 0 amide bonds. The van der Waals surface area contributed by atoms with Crippen molar-refractivity contribution in [1.29, 1.82) is 0 Å². The molecule has 1 aliphatic carbocycles. The van der Waals surface area contributed by atoms with E-state index in [-0.39, 0.29) is 18.4 Å². The van der Waals surface area contributed by atoms with Crippen molar-refractivity contribution in [2.24, 2.45) is 5.92 Å². The van der Waals surface area contributed by atoms with E-state index in [9.17, 15) is 24.3 Å². The molecule has 0 aromatic heterocycles. The minimum Gasteiger partial charge on any atom is -0.458 e. The highest BCUT2D eigenvalue weighted by Gasteiger charge is 2.49. The summed E-state index contributed by atoms with van der Waals surface area (Å²) in [6.07, 6.45) is -0.201. The SMILES string of the molecule is C=C1C(=O)O[C@@H]2/C=C(\C)[C@H](OC(C)=O)CC(=O)[C@](C)(O)C[C@@H](OC(=O)/C(C)=C\C)[C@@H]12. The van der Waals surface area contributed by atoms with Gasteiger partial charge >= 0.3 is 17.9 Å². The average molecular weight is 420 g/mol. The van der Waals surface area contributed by atoms with Gasteiger partial charge in [-0.05, 0) is 39.3 Å². The summed E-state index contributed by atoms with van der Waals surface area (Å²) in [6.45, 7) is 11.2. The molecule has 1 fully saturated rings. The molecular formula is C22H28O8. The Bertz CT molecular complexity index is 832. The summed E-state index contributed by atoms with van der Waals surface area (Å²) in [4.78, 5) is 48.9. The van der Waals surface area contributed by atoms with E-state index in [0.717, 1.165) is 0 Å². The summed E-state index contributed by atoms with van der Waals surface area (Å²) >= 11 is 0. The Balaban J connectivity index is 2.55. The van der Waals surface area contributed by atoms with E-state index in [4.69, 9.17) is 14.2 Å². The largest absolute Gasteiger partial charge is 0.458 e. The van der Waals surface area contributed by atoms with Gasteiger partial charge in [-0.1, -0.05) is 12.7 Å². The molecule has 1 N–H and O–H groups in total. The van der Waals surface area contributed by atoms with Gasteiger partial charge < -0.3 is 19.3 Å². The van der Waals surface area contributed by atoms with Crippen molar-refractivity contribution in [3.8, 4) is 0 Å². The topological polar surface area (TPSA) is 116 Å². The molecule has 164 valence electrons. The molecule has 0 unspecified atom stereocenters. The number of carbonyl (C=O) groups excluding carboxylic acids is 4. The van der Waals surface area contributed by atoms with Crippen molar-refractivity contribution in [2.75, 3.05) is 0 Å². The third-order valence-corrected chi connectivity index (χ3v) is 5.49. The molecule has 30 heavy (non-hydrogen) atoms. The number of carbonyl (C=O) groups is 4. The Morgan fingerprint density at radius 3 is 2.50 bits per heavy atom. The summed E-state index contributed by atoms with van der Waals surface area (Å²) in [6, 6.07) is 0. The molecule has 1 saturated heterocycles. The first-order valence-electron chi connectivity index (χ1n) is 9.72. The zero-order valence-corrected chi connectivity index (χ0v) is 17.9. The first kappa shape index (κ1) is 23.5. The molecule has 2 aliphatic rings. The minimum atomic E-state index is -1.90. The zero-order chi connectivity index (χ0) is 22.8. The summed E-state index contributed by atoms with van der Waals surface area (Å²) in [5.41, 5.74) is -1.01. The quantitative estimate of drug-likeness (QED) is 0.319. The maximum absolute atomic E-state index is 12.8. The zero-order valence-electron chi connectivity index (χ0n) is 17.9. The van der Waals surface area contributed by atoms with Crippen molar-refractivity contribution in [3.63, 3.8) is 0 Å². The lowest BCUT2D eigenvalue weighted by Gasteiger charge is -2.34. The van der Waals surface area contributed by atoms with Crippen LogP contribution in [0.1, 0.15) is 47.5 Å². The van der Waals surface area contributed by atoms with E-state index in [1.165, 1.54) is 13.8 Å². The predicted molar refractivity (Wildman–Crippen MR) is 106 cm³/mol. The van der Waals surface area contributed by atoms with Crippen LogP contribution in [0.3, 0.4) is 0 Å². The van der Waals surface area contributed by atoms with Crippen LogP contribution in [0.2, 0.25) is 0 Å². The van der Waals surface area contributed by atoms with E-state index in [1.54, 1.807) is 32.9 Å². The number of hydrogen-bond acceptors (Lipinski definition) is 8. The number of ketones is 1. The first-order chi connectivity index (χ1) is 13.9. The molecule has 0 spiro atoms. The number of allylic oxidation sites excluding steroid dienone is 1. The summed E-state index contributed by atoms with van der Waals surface area (Å²) < 4.78 is 16.2. The van der Waals surface area contributed by atoms with Gasteiger partial charge in [-0.25, -0.2) is 9.59 Å². The van der Waals surface area contributed by atoms with Crippen LogP contribution in [0, 0.1) is 5.92 Å². The fraction of sp³-hybridized carbons (Fsp3) is 0.545. The van der Waals surface area contributed by atoms with Crippen LogP contribution in [0.4, 0.5) is 0 Å². The second-order valence-corrected chi connectivity index (χ2v) is 7.95. The lowest BCUT2D eigenvalue weighted by molar-refractivity contribution is -0.158. The second-order valence-electron chi connectivity index (χ2n) is 7.95. The molecule has 0 aromatic rings. The summed E-state index contributed by atoms with van der Waals surface area (Å²) in [7, 11) is 0. The maximum atomic E-state index is 12.8. The van der Waals surface area contributed by atoms with E-state index in [2.05, 4.69) is 6.58 Å². The van der Waals surface area contributed by atoms with E-state index >= 15 is 0 Å². The molecule has 5 atom stereocenters. The van der Waals surface area contributed by atoms with Gasteiger partial charge in [0.2, 0.25) is 0 Å². The Labute approximate surface area is 175 Å². The number of Topliss-reactive ketones (excluding diaryl/α,β-unsaturated/α-hetero) is 1. The van der Waals surface area contributed by atoms with Crippen LogP contribution >= 0.6 is 0 Å². The van der Waals surface area contributed by atoms with Gasteiger partial charge in [0.1, 0.15) is 23.9 Å². The van der Waals surface area contributed by atoms with Crippen molar-refractivity contribution < 1.29 is 38.5 Å². The Morgan fingerprint density at radius 2 is 1.93 bits per heavy atom. The van der Waals surface area contributed by atoms with Gasteiger partial charge in [0.15, 0.2) is 5.78 Å². The fourth-order valence-corrected chi connectivity index (χ4v) is 3.53. The van der Waals surface area contributed by atoms with Crippen LogP contribution in [-0.4, -0.2) is 52.7 Å². The molecular weight excluding hydrogens is 392 g/mol. The van der Waals surface area contributed by atoms with Crippen molar-refractivity contribution in [2.45, 2.75) is 71.4 Å². The molecule has 8 heteroatoms.